The summed E-state index contributed by atoms with van der Waals surface area (Å²) in [5.74, 6) is -0.165. The predicted octanol–water partition coefficient (Wildman–Crippen LogP) is 2.99. The van der Waals surface area contributed by atoms with Gasteiger partial charge in [0.1, 0.15) is 0 Å². The van der Waals surface area contributed by atoms with Gasteiger partial charge in [-0.1, -0.05) is 0 Å². The number of thiazole rings is 1. The van der Waals surface area contributed by atoms with Crippen molar-refractivity contribution in [2.75, 3.05) is 0 Å². The lowest BCUT2D eigenvalue weighted by molar-refractivity contribution is 0.0938. The summed E-state index contributed by atoms with van der Waals surface area (Å²) < 4.78 is 5.45. The molecular weight excluding hydrogens is 292 g/mol. The molecule has 2 aromatic heterocycles. The molecule has 0 aliphatic carbocycles. The van der Waals surface area contributed by atoms with Crippen molar-refractivity contribution in [2.45, 2.75) is 13.0 Å². The molecule has 0 unspecified atom stereocenters. The first-order chi connectivity index (χ1) is 7.68. The number of amides is 1. The number of hydrogen-bond acceptors (Lipinski definition) is 4. The maximum absolute atomic E-state index is 11.8. The molecule has 0 bridgehead atoms. The summed E-state index contributed by atoms with van der Waals surface area (Å²) in [4.78, 5) is 16.8. The van der Waals surface area contributed by atoms with Crippen LogP contribution in [0.25, 0.3) is 0 Å². The van der Waals surface area contributed by atoms with E-state index in [0.717, 1.165) is 4.88 Å². The number of furan rings is 1. The summed E-state index contributed by atoms with van der Waals surface area (Å²) >= 11 is 4.68. The van der Waals surface area contributed by atoms with Crippen LogP contribution < -0.4 is 5.32 Å². The quantitative estimate of drug-likeness (QED) is 0.948. The molecule has 6 heteroatoms. The molecule has 0 saturated carbocycles. The van der Waals surface area contributed by atoms with Crippen LogP contribution in [0.4, 0.5) is 0 Å². The molecule has 2 aromatic rings. The van der Waals surface area contributed by atoms with Gasteiger partial charge in [-0.2, -0.15) is 0 Å². The van der Waals surface area contributed by atoms with E-state index < -0.39 is 0 Å². The standard InChI is InChI=1S/C10H9BrN2O2S/c1-6(8-4-12-5-16-8)13-10(14)7-2-3-15-9(7)11/h2-6H,1H3,(H,13,14)/t6-/m0/s1. The zero-order chi connectivity index (χ0) is 11.5. The summed E-state index contributed by atoms with van der Waals surface area (Å²) in [6.45, 7) is 1.92. The van der Waals surface area contributed by atoms with Gasteiger partial charge < -0.3 is 9.73 Å². The van der Waals surface area contributed by atoms with Crippen LogP contribution in [-0.4, -0.2) is 10.9 Å². The second-order valence-corrected chi connectivity index (χ2v) is 4.85. The van der Waals surface area contributed by atoms with Crippen LogP contribution in [0.1, 0.15) is 28.2 Å². The molecule has 0 fully saturated rings. The Morgan fingerprint density at radius 1 is 1.69 bits per heavy atom. The lowest BCUT2D eigenvalue weighted by atomic mass is 10.2. The van der Waals surface area contributed by atoms with Gasteiger partial charge in [-0.25, -0.2) is 0 Å². The van der Waals surface area contributed by atoms with Crippen LogP contribution >= 0.6 is 27.3 Å². The van der Waals surface area contributed by atoms with Crippen molar-refractivity contribution in [3.05, 3.63) is 39.1 Å². The van der Waals surface area contributed by atoms with Gasteiger partial charge in [0.05, 0.1) is 23.4 Å². The highest BCUT2D eigenvalue weighted by atomic mass is 79.9. The van der Waals surface area contributed by atoms with Gasteiger partial charge in [-0.05, 0) is 28.9 Å². The number of carbonyl (C=O) groups is 1. The van der Waals surface area contributed by atoms with Gasteiger partial charge in [-0.3, -0.25) is 9.78 Å². The van der Waals surface area contributed by atoms with Crippen molar-refractivity contribution in [2.24, 2.45) is 0 Å². The van der Waals surface area contributed by atoms with E-state index in [2.05, 4.69) is 26.2 Å². The van der Waals surface area contributed by atoms with Crippen LogP contribution in [0.2, 0.25) is 0 Å². The third-order valence-electron chi connectivity index (χ3n) is 2.09. The zero-order valence-corrected chi connectivity index (χ0v) is 10.8. The van der Waals surface area contributed by atoms with Crippen LogP contribution in [-0.2, 0) is 0 Å². The molecule has 0 aromatic carbocycles. The highest BCUT2D eigenvalue weighted by molar-refractivity contribution is 9.10. The highest BCUT2D eigenvalue weighted by Gasteiger charge is 2.16. The van der Waals surface area contributed by atoms with Crippen molar-refractivity contribution < 1.29 is 9.21 Å². The maximum Gasteiger partial charge on any atom is 0.256 e. The van der Waals surface area contributed by atoms with Crippen molar-refractivity contribution in [3.8, 4) is 0 Å². The smallest absolute Gasteiger partial charge is 0.256 e. The van der Waals surface area contributed by atoms with E-state index in [1.165, 1.54) is 17.6 Å². The Balaban J connectivity index is 2.06. The van der Waals surface area contributed by atoms with E-state index in [-0.39, 0.29) is 11.9 Å². The van der Waals surface area contributed by atoms with E-state index >= 15 is 0 Å². The van der Waals surface area contributed by atoms with E-state index in [9.17, 15) is 4.79 Å². The fourth-order valence-corrected chi connectivity index (χ4v) is 2.29. The first-order valence-corrected chi connectivity index (χ1v) is 6.28. The van der Waals surface area contributed by atoms with Crippen LogP contribution in [0.3, 0.4) is 0 Å². The number of rotatable bonds is 3. The van der Waals surface area contributed by atoms with Gasteiger partial charge in [0.2, 0.25) is 0 Å². The number of hydrogen-bond donors (Lipinski definition) is 1. The van der Waals surface area contributed by atoms with Crippen molar-refractivity contribution in [1.82, 2.24) is 10.3 Å². The van der Waals surface area contributed by atoms with E-state index in [4.69, 9.17) is 4.42 Å². The van der Waals surface area contributed by atoms with Gasteiger partial charge in [0.15, 0.2) is 4.67 Å². The zero-order valence-electron chi connectivity index (χ0n) is 8.44. The molecule has 0 radical (unpaired) electrons. The first-order valence-electron chi connectivity index (χ1n) is 4.60. The molecule has 1 amide bonds. The van der Waals surface area contributed by atoms with Crippen molar-refractivity contribution >= 4 is 33.2 Å². The summed E-state index contributed by atoms with van der Waals surface area (Å²) in [6.07, 6.45) is 3.22. The fraction of sp³-hybridized carbons (Fsp3) is 0.200. The Kier molecular flexibility index (Phi) is 3.40. The third-order valence-corrected chi connectivity index (χ3v) is 3.66. The normalized spacial score (nSPS) is 12.4. The number of halogens is 1. The van der Waals surface area contributed by atoms with E-state index in [1.54, 1.807) is 17.8 Å². The molecule has 0 aliphatic rings. The van der Waals surface area contributed by atoms with Crippen LogP contribution in [0, 0.1) is 0 Å². The van der Waals surface area contributed by atoms with Crippen molar-refractivity contribution in [1.29, 1.82) is 0 Å². The average molecular weight is 301 g/mol. The van der Waals surface area contributed by atoms with Gasteiger partial charge in [-0.15, -0.1) is 11.3 Å². The fourth-order valence-electron chi connectivity index (χ4n) is 1.24. The summed E-state index contributed by atoms with van der Waals surface area (Å²) in [5.41, 5.74) is 2.24. The molecular formula is C10H9BrN2O2S. The number of carbonyl (C=O) groups excluding carboxylic acids is 1. The SMILES string of the molecule is C[C@H](NC(=O)c1ccoc1Br)c1cncs1. The van der Waals surface area contributed by atoms with E-state index in [1.807, 2.05) is 6.92 Å². The topological polar surface area (TPSA) is 55.1 Å². The number of nitrogens with zero attached hydrogens (tertiary/aromatic N) is 1. The molecule has 16 heavy (non-hydrogen) atoms. The Bertz CT molecular complexity index is 481. The summed E-state index contributed by atoms with van der Waals surface area (Å²) in [7, 11) is 0. The highest BCUT2D eigenvalue weighted by Crippen LogP contribution is 2.20. The summed E-state index contributed by atoms with van der Waals surface area (Å²) in [6, 6.07) is 1.57. The Morgan fingerprint density at radius 3 is 3.06 bits per heavy atom. The molecule has 0 aliphatic heterocycles. The monoisotopic (exact) mass is 300 g/mol. The maximum atomic E-state index is 11.8. The minimum atomic E-state index is -0.165. The molecule has 4 nitrogen and oxygen atoms in total. The van der Waals surface area contributed by atoms with Crippen LogP contribution in [0.15, 0.2) is 33.1 Å². The molecule has 84 valence electrons. The number of aromatic nitrogens is 1. The predicted molar refractivity (Wildman–Crippen MR) is 64.4 cm³/mol. The Labute approximate surface area is 105 Å². The average Bonchev–Trinajstić information content (AvgIpc) is 2.86. The minimum Gasteiger partial charge on any atom is -0.457 e. The molecule has 1 N–H and O–H groups in total. The molecule has 0 saturated heterocycles. The second-order valence-electron chi connectivity index (χ2n) is 3.21. The minimum absolute atomic E-state index is 0.0539. The lowest BCUT2D eigenvalue weighted by Gasteiger charge is -2.10. The first kappa shape index (κ1) is 11.3. The summed E-state index contributed by atoms with van der Waals surface area (Å²) in [5, 5.41) is 2.87. The van der Waals surface area contributed by atoms with E-state index in [0.29, 0.717) is 10.2 Å². The largest absolute Gasteiger partial charge is 0.457 e. The van der Waals surface area contributed by atoms with Crippen molar-refractivity contribution in [3.63, 3.8) is 0 Å². The second kappa shape index (κ2) is 4.80. The molecule has 1 atom stereocenters. The molecule has 2 rings (SSSR count). The van der Waals surface area contributed by atoms with Crippen LogP contribution in [0.5, 0.6) is 0 Å². The molecule has 0 spiro atoms. The molecule has 2 heterocycles. The van der Waals surface area contributed by atoms with Gasteiger partial charge in [0, 0.05) is 11.1 Å². The number of nitrogens with one attached hydrogen (secondary N) is 1. The van der Waals surface area contributed by atoms with Gasteiger partial charge >= 0.3 is 0 Å². The Morgan fingerprint density at radius 2 is 2.50 bits per heavy atom. The third kappa shape index (κ3) is 2.33. The lowest BCUT2D eigenvalue weighted by Crippen LogP contribution is -2.25. The van der Waals surface area contributed by atoms with Gasteiger partial charge in [0.25, 0.3) is 5.91 Å². The Hall–Kier alpha value is -1.14.